The second kappa shape index (κ2) is 6.05. The zero-order valence-electron chi connectivity index (χ0n) is 11.7. The first-order valence-electron chi connectivity index (χ1n) is 7.01. The van der Waals surface area contributed by atoms with Gasteiger partial charge >= 0.3 is 0 Å². The first-order chi connectivity index (χ1) is 9.83. The van der Waals surface area contributed by atoms with Crippen LogP contribution in [0.25, 0.3) is 0 Å². The van der Waals surface area contributed by atoms with E-state index in [0.717, 1.165) is 31.7 Å². The molecule has 1 unspecified atom stereocenters. The highest BCUT2D eigenvalue weighted by atomic mass is 19.2. The lowest BCUT2D eigenvalue weighted by molar-refractivity contribution is -0.120. The minimum Gasteiger partial charge on any atom is -0.370 e. The van der Waals surface area contributed by atoms with Crippen molar-refractivity contribution in [2.24, 2.45) is 16.9 Å². The number of nitrogens with two attached hydrogens (primary N) is 2. The molecule has 116 valence electrons. The van der Waals surface area contributed by atoms with E-state index in [9.17, 15) is 18.0 Å². The van der Waals surface area contributed by atoms with E-state index in [0.29, 0.717) is 12.5 Å². The monoisotopic (exact) mass is 300 g/mol. The van der Waals surface area contributed by atoms with Crippen molar-refractivity contribution < 1.29 is 18.0 Å². The molecule has 1 aliphatic rings. The third-order valence-electron chi connectivity index (χ3n) is 4.31. The molecule has 1 amide bonds. The summed E-state index contributed by atoms with van der Waals surface area (Å²) in [7, 11) is 0. The maximum absolute atomic E-state index is 13.8. The van der Waals surface area contributed by atoms with E-state index < -0.39 is 29.4 Å². The Hall–Kier alpha value is -1.56. The summed E-state index contributed by atoms with van der Waals surface area (Å²) in [5.41, 5.74) is 10.8. The average Bonchev–Trinajstić information content (AvgIpc) is 2.80. The molecule has 0 bridgehead atoms. The van der Waals surface area contributed by atoms with Crippen LogP contribution < -0.4 is 11.5 Å². The van der Waals surface area contributed by atoms with Crippen molar-refractivity contribution in [2.45, 2.75) is 44.6 Å². The molecule has 2 rings (SSSR count). The van der Waals surface area contributed by atoms with Gasteiger partial charge in [-0.15, -0.1) is 0 Å². The molecule has 0 aliphatic heterocycles. The summed E-state index contributed by atoms with van der Waals surface area (Å²) in [6.45, 7) is 0. The molecule has 4 N–H and O–H groups in total. The standard InChI is InChI=1S/C15H19F3N2O/c16-10-6-12(18)11(17)5-9(10)13(19)7-15(8-14(20)21)3-1-2-4-15/h5-6,13H,1-4,7-8,19H2,(H2,20,21). The number of primary amides is 1. The maximum Gasteiger partial charge on any atom is 0.217 e. The fraction of sp³-hybridized carbons (Fsp3) is 0.533. The van der Waals surface area contributed by atoms with Gasteiger partial charge in [-0.25, -0.2) is 13.2 Å². The van der Waals surface area contributed by atoms with Crippen LogP contribution in [0.15, 0.2) is 12.1 Å². The highest BCUT2D eigenvalue weighted by Crippen LogP contribution is 2.46. The number of amides is 1. The molecule has 3 nitrogen and oxygen atoms in total. The lowest BCUT2D eigenvalue weighted by atomic mass is 9.76. The molecule has 1 aromatic carbocycles. The second-order valence-electron chi connectivity index (χ2n) is 5.95. The van der Waals surface area contributed by atoms with Crippen LogP contribution in [0, 0.1) is 22.9 Å². The summed E-state index contributed by atoms with van der Waals surface area (Å²) in [5.74, 6) is -3.66. The number of hydrogen-bond acceptors (Lipinski definition) is 2. The third kappa shape index (κ3) is 3.56. The van der Waals surface area contributed by atoms with Crippen LogP contribution in [0.5, 0.6) is 0 Å². The van der Waals surface area contributed by atoms with Crippen molar-refractivity contribution in [2.75, 3.05) is 0 Å². The number of rotatable bonds is 5. The van der Waals surface area contributed by atoms with Crippen molar-refractivity contribution in [3.63, 3.8) is 0 Å². The average molecular weight is 300 g/mol. The van der Waals surface area contributed by atoms with E-state index in [-0.39, 0.29) is 17.4 Å². The summed E-state index contributed by atoms with van der Waals surface area (Å²) < 4.78 is 40.0. The van der Waals surface area contributed by atoms with Gasteiger partial charge in [-0.3, -0.25) is 4.79 Å². The van der Waals surface area contributed by atoms with Crippen LogP contribution >= 0.6 is 0 Å². The van der Waals surface area contributed by atoms with Crippen molar-refractivity contribution in [3.8, 4) is 0 Å². The van der Waals surface area contributed by atoms with Crippen molar-refractivity contribution in [1.29, 1.82) is 0 Å². The number of carbonyl (C=O) groups excluding carboxylic acids is 1. The SMILES string of the molecule is NC(=O)CC1(CC(N)c2cc(F)c(F)cc2F)CCCC1. The summed E-state index contributed by atoms with van der Waals surface area (Å²) in [6.07, 6.45) is 4.01. The van der Waals surface area contributed by atoms with Crippen molar-refractivity contribution >= 4 is 5.91 Å². The van der Waals surface area contributed by atoms with Gasteiger partial charge in [0.05, 0.1) is 0 Å². The van der Waals surface area contributed by atoms with Gasteiger partial charge in [0.1, 0.15) is 5.82 Å². The molecule has 21 heavy (non-hydrogen) atoms. The van der Waals surface area contributed by atoms with E-state index in [1.807, 2.05) is 0 Å². The Morgan fingerprint density at radius 2 is 1.71 bits per heavy atom. The number of carbonyl (C=O) groups is 1. The van der Waals surface area contributed by atoms with E-state index in [4.69, 9.17) is 11.5 Å². The fourth-order valence-corrected chi connectivity index (χ4v) is 3.35. The molecular formula is C15H19F3N2O. The van der Waals surface area contributed by atoms with Crippen molar-refractivity contribution in [3.05, 3.63) is 35.1 Å². The summed E-state index contributed by atoms with van der Waals surface area (Å²) in [4.78, 5) is 11.2. The molecule has 1 fully saturated rings. The fourth-order valence-electron chi connectivity index (χ4n) is 3.35. The Labute approximate surface area is 121 Å². The number of hydrogen-bond donors (Lipinski definition) is 2. The van der Waals surface area contributed by atoms with Crippen LogP contribution in [-0.4, -0.2) is 5.91 Å². The largest absolute Gasteiger partial charge is 0.370 e. The predicted molar refractivity (Wildman–Crippen MR) is 72.6 cm³/mol. The predicted octanol–water partition coefficient (Wildman–Crippen LogP) is 2.93. The Morgan fingerprint density at radius 1 is 1.14 bits per heavy atom. The van der Waals surface area contributed by atoms with E-state index >= 15 is 0 Å². The second-order valence-corrected chi connectivity index (χ2v) is 5.95. The quantitative estimate of drug-likeness (QED) is 0.821. The van der Waals surface area contributed by atoms with Crippen LogP contribution in [0.2, 0.25) is 0 Å². The minimum absolute atomic E-state index is 0.0651. The maximum atomic E-state index is 13.8. The zero-order valence-corrected chi connectivity index (χ0v) is 11.7. The molecule has 6 heteroatoms. The zero-order chi connectivity index (χ0) is 15.6. The first-order valence-corrected chi connectivity index (χ1v) is 7.01. The molecule has 1 aliphatic carbocycles. The van der Waals surface area contributed by atoms with Gasteiger partial charge in [0, 0.05) is 24.1 Å². The van der Waals surface area contributed by atoms with Crippen LogP contribution in [0.1, 0.15) is 50.1 Å². The van der Waals surface area contributed by atoms with Crippen molar-refractivity contribution in [1.82, 2.24) is 0 Å². The van der Waals surface area contributed by atoms with Crippen LogP contribution in [0.3, 0.4) is 0 Å². The van der Waals surface area contributed by atoms with E-state index in [1.54, 1.807) is 0 Å². The highest BCUT2D eigenvalue weighted by Gasteiger charge is 2.37. The third-order valence-corrected chi connectivity index (χ3v) is 4.31. The molecule has 0 saturated heterocycles. The summed E-state index contributed by atoms with van der Waals surface area (Å²) in [6, 6.07) is 0.500. The van der Waals surface area contributed by atoms with Gasteiger partial charge in [-0.05, 0) is 30.7 Å². The molecular weight excluding hydrogens is 281 g/mol. The number of benzene rings is 1. The smallest absolute Gasteiger partial charge is 0.217 e. The van der Waals surface area contributed by atoms with Gasteiger partial charge in [0.15, 0.2) is 11.6 Å². The van der Waals surface area contributed by atoms with Crippen LogP contribution in [0.4, 0.5) is 13.2 Å². The highest BCUT2D eigenvalue weighted by molar-refractivity contribution is 5.74. The van der Waals surface area contributed by atoms with Gasteiger partial charge in [-0.2, -0.15) is 0 Å². The lowest BCUT2D eigenvalue weighted by Crippen LogP contribution is -2.30. The molecule has 0 aromatic heterocycles. The molecule has 1 atom stereocenters. The van der Waals surface area contributed by atoms with Gasteiger partial charge in [-0.1, -0.05) is 12.8 Å². The van der Waals surface area contributed by atoms with Gasteiger partial charge in [0.2, 0.25) is 5.91 Å². The Morgan fingerprint density at radius 3 is 2.29 bits per heavy atom. The summed E-state index contributed by atoms with van der Waals surface area (Å²) >= 11 is 0. The number of halogens is 3. The minimum atomic E-state index is -1.24. The molecule has 1 saturated carbocycles. The van der Waals surface area contributed by atoms with Crippen LogP contribution in [-0.2, 0) is 4.79 Å². The summed E-state index contributed by atoms with van der Waals surface area (Å²) in [5, 5.41) is 0. The first kappa shape index (κ1) is 15.8. The molecule has 0 radical (unpaired) electrons. The molecule has 0 spiro atoms. The molecule has 0 heterocycles. The molecule has 1 aromatic rings. The normalized spacial score (nSPS) is 18.7. The van der Waals surface area contributed by atoms with E-state index in [1.165, 1.54) is 0 Å². The van der Waals surface area contributed by atoms with Gasteiger partial charge < -0.3 is 11.5 Å². The Kier molecular flexibility index (Phi) is 4.56. The lowest BCUT2D eigenvalue weighted by Gasteiger charge is -2.31. The van der Waals surface area contributed by atoms with Gasteiger partial charge in [0.25, 0.3) is 0 Å². The Bertz CT molecular complexity index is 542. The Balaban J connectivity index is 2.21. The van der Waals surface area contributed by atoms with E-state index in [2.05, 4.69) is 0 Å². The topological polar surface area (TPSA) is 69.1 Å².